The summed E-state index contributed by atoms with van der Waals surface area (Å²) in [6.07, 6.45) is 3.29. The minimum absolute atomic E-state index is 0.0898. The van der Waals surface area contributed by atoms with E-state index in [-0.39, 0.29) is 25.0 Å². The average molecular weight is 342 g/mol. The molecule has 0 spiro atoms. The zero-order valence-corrected chi connectivity index (χ0v) is 14.0. The maximum Gasteiger partial charge on any atom is 0.318 e. The first-order valence-electron chi connectivity index (χ1n) is 8.42. The first-order valence-corrected chi connectivity index (χ1v) is 8.42. The van der Waals surface area contributed by atoms with Gasteiger partial charge in [0.05, 0.1) is 6.54 Å². The lowest BCUT2D eigenvalue weighted by Gasteiger charge is -2.19. The Bertz CT molecular complexity index is 715. The Morgan fingerprint density at radius 3 is 2.96 bits per heavy atom. The fourth-order valence-corrected chi connectivity index (χ4v) is 2.74. The minimum atomic E-state index is -0.255. The third-order valence-electron chi connectivity index (χ3n) is 4.13. The molecule has 0 unspecified atom stereocenters. The van der Waals surface area contributed by atoms with Gasteiger partial charge in [-0.05, 0) is 18.4 Å². The van der Waals surface area contributed by atoms with Crippen molar-refractivity contribution in [3.05, 3.63) is 48.0 Å². The molecular formula is C17H22N6O2. The number of carbonyl (C=O) groups is 2. The molecule has 3 rings (SSSR count). The molecular weight excluding hydrogens is 320 g/mol. The third kappa shape index (κ3) is 4.79. The maximum absolute atomic E-state index is 12.3. The number of aromatic nitrogens is 3. The largest absolute Gasteiger partial charge is 0.354 e. The quantitative estimate of drug-likeness (QED) is 0.830. The number of amides is 3. The highest BCUT2D eigenvalue weighted by Crippen LogP contribution is 2.04. The Labute approximate surface area is 146 Å². The highest BCUT2D eigenvalue weighted by atomic mass is 16.2. The summed E-state index contributed by atoms with van der Waals surface area (Å²) >= 11 is 0. The second kappa shape index (κ2) is 8.27. The van der Waals surface area contributed by atoms with E-state index in [2.05, 4.69) is 33.0 Å². The molecule has 0 bridgehead atoms. The SMILES string of the molecule is O=C1CN(C(=O)NCc2nncn2CCc2ccccc2)CCCN1. The fourth-order valence-electron chi connectivity index (χ4n) is 2.74. The van der Waals surface area contributed by atoms with E-state index in [0.29, 0.717) is 18.9 Å². The fraction of sp³-hybridized carbons (Fsp3) is 0.412. The number of nitrogens with one attached hydrogen (secondary N) is 2. The van der Waals surface area contributed by atoms with Crippen LogP contribution in [0.5, 0.6) is 0 Å². The number of hydrogen-bond acceptors (Lipinski definition) is 4. The van der Waals surface area contributed by atoms with E-state index in [1.807, 2.05) is 22.8 Å². The number of benzene rings is 1. The standard InChI is InChI=1S/C17H22N6O2/c24-16-12-22(9-4-8-18-16)17(25)19-11-15-21-20-13-23(15)10-7-14-5-2-1-3-6-14/h1-3,5-6,13H,4,7-12H2,(H,18,24)(H,19,25). The molecule has 25 heavy (non-hydrogen) atoms. The zero-order valence-electron chi connectivity index (χ0n) is 14.0. The molecule has 8 heteroatoms. The van der Waals surface area contributed by atoms with Gasteiger partial charge in [-0.1, -0.05) is 30.3 Å². The summed E-state index contributed by atoms with van der Waals surface area (Å²) in [4.78, 5) is 25.3. The molecule has 1 aliphatic rings. The Balaban J connectivity index is 1.52. The molecule has 0 radical (unpaired) electrons. The van der Waals surface area contributed by atoms with Gasteiger partial charge in [0.1, 0.15) is 12.9 Å². The Morgan fingerprint density at radius 2 is 2.12 bits per heavy atom. The van der Waals surface area contributed by atoms with E-state index in [1.54, 1.807) is 6.33 Å². The lowest BCUT2D eigenvalue weighted by atomic mass is 10.1. The monoisotopic (exact) mass is 342 g/mol. The molecule has 132 valence electrons. The van der Waals surface area contributed by atoms with E-state index in [4.69, 9.17) is 0 Å². The Hall–Kier alpha value is -2.90. The molecule has 1 aromatic carbocycles. The van der Waals surface area contributed by atoms with Crippen molar-refractivity contribution in [1.82, 2.24) is 30.3 Å². The number of hydrogen-bond donors (Lipinski definition) is 2. The van der Waals surface area contributed by atoms with E-state index in [9.17, 15) is 9.59 Å². The third-order valence-corrected chi connectivity index (χ3v) is 4.13. The van der Waals surface area contributed by atoms with Gasteiger partial charge in [0.2, 0.25) is 5.91 Å². The van der Waals surface area contributed by atoms with Crippen LogP contribution >= 0.6 is 0 Å². The van der Waals surface area contributed by atoms with Crippen molar-refractivity contribution in [2.24, 2.45) is 0 Å². The van der Waals surface area contributed by atoms with Gasteiger partial charge in [0.15, 0.2) is 5.82 Å². The van der Waals surface area contributed by atoms with Crippen molar-refractivity contribution in [3.8, 4) is 0 Å². The van der Waals surface area contributed by atoms with Crippen molar-refractivity contribution in [1.29, 1.82) is 0 Å². The summed E-state index contributed by atoms with van der Waals surface area (Å²) in [6, 6.07) is 9.92. The second-order valence-corrected chi connectivity index (χ2v) is 5.96. The van der Waals surface area contributed by atoms with Gasteiger partial charge in [-0.2, -0.15) is 0 Å². The van der Waals surface area contributed by atoms with Crippen LogP contribution in [0, 0.1) is 0 Å². The van der Waals surface area contributed by atoms with Gasteiger partial charge in [0.25, 0.3) is 0 Å². The molecule has 0 saturated carbocycles. The molecule has 3 amide bonds. The topological polar surface area (TPSA) is 92.2 Å². The van der Waals surface area contributed by atoms with Gasteiger partial charge < -0.3 is 20.1 Å². The Morgan fingerprint density at radius 1 is 1.28 bits per heavy atom. The van der Waals surface area contributed by atoms with Gasteiger partial charge in [-0.3, -0.25) is 4.79 Å². The van der Waals surface area contributed by atoms with Gasteiger partial charge in [-0.25, -0.2) is 4.79 Å². The molecule has 0 aliphatic carbocycles. The Kier molecular flexibility index (Phi) is 5.61. The number of urea groups is 1. The van der Waals surface area contributed by atoms with Crippen LogP contribution in [0.4, 0.5) is 4.79 Å². The number of nitrogens with zero attached hydrogens (tertiary/aromatic N) is 4. The van der Waals surface area contributed by atoms with Crippen molar-refractivity contribution in [2.75, 3.05) is 19.6 Å². The van der Waals surface area contributed by atoms with Crippen LogP contribution in [0.15, 0.2) is 36.7 Å². The summed E-state index contributed by atoms with van der Waals surface area (Å²) in [5.74, 6) is 0.572. The van der Waals surface area contributed by atoms with E-state index in [0.717, 1.165) is 19.4 Å². The van der Waals surface area contributed by atoms with Crippen LogP contribution in [-0.2, 0) is 24.3 Å². The van der Waals surface area contributed by atoms with E-state index >= 15 is 0 Å². The zero-order chi connectivity index (χ0) is 17.5. The first-order chi connectivity index (χ1) is 12.2. The normalized spacial score (nSPS) is 14.7. The van der Waals surface area contributed by atoms with Gasteiger partial charge >= 0.3 is 6.03 Å². The summed E-state index contributed by atoms with van der Waals surface area (Å²) in [7, 11) is 0. The molecule has 1 aliphatic heterocycles. The van der Waals surface area contributed by atoms with E-state index < -0.39 is 0 Å². The van der Waals surface area contributed by atoms with Crippen molar-refractivity contribution in [3.63, 3.8) is 0 Å². The van der Waals surface area contributed by atoms with Crippen LogP contribution in [0.2, 0.25) is 0 Å². The smallest absolute Gasteiger partial charge is 0.318 e. The molecule has 2 aromatic rings. The molecule has 2 heterocycles. The van der Waals surface area contributed by atoms with Crippen LogP contribution in [0.3, 0.4) is 0 Å². The summed E-state index contributed by atoms with van der Waals surface area (Å²) < 4.78 is 1.93. The number of carbonyl (C=O) groups excluding carboxylic acids is 2. The number of rotatable bonds is 5. The predicted molar refractivity (Wildman–Crippen MR) is 91.6 cm³/mol. The lowest BCUT2D eigenvalue weighted by molar-refractivity contribution is -0.121. The predicted octanol–water partition coefficient (Wildman–Crippen LogP) is 0.552. The number of aryl methyl sites for hydroxylation is 2. The lowest BCUT2D eigenvalue weighted by Crippen LogP contribution is -2.43. The van der Waals surface area contributed by atoms with Crippen molar-refractivity contribution < 1.29 is 9.59 Å². The molecule has 2 N–H and O–H groups in total. The highest BCUT2D eigenvalue weighted by Gasteiger charge is 2.19. The molecule has 1 saturated heterocycles. The van der Waals surface area contributed by atoms with Crippen LogP contribution in [-0.4, -0.2) is 51.2 Å². The molecule has 0 atom stereocenters. The molecule has 1 fully saturated rings. The maximum atomic E-state index is 12.3. The van der Waals surface area contributed by atoms with Crippen molar-refractivity contribution in [2.45, 2.75) is 25.9 Å². The minimum Gasteiger partial charge on any atom is -0.354 e. The van der Waals surface area contributed by atoms with Gasteiger partial charge in [0, 0.05) is 19.6 Å². The highest BCUT2D eigenvalue weighted by molar-refractivity contribution is 5.84. The van der Waals surface area contributed by atoms with Crippen LogP contribution < -0.4 is 10.6 Å². The average Bonchev–Trinajstić information content (AvgIpc) is 2.97. The summed E-state index contributed by atoms with van der Waals surface area (Å²) in [5.41, 5.74) is 1.24. The van der Waals surface area contributed by atoms with Crippen LogP contribution in [0.1, 0.15) is 17.8 Å². The van der Waals surface area contributed by atoms with Gasteiger partial charge in [-0.15, -0.1) is 10.2 Å². The second-order valence-electron chi connectivity index (χ2n) is 5.96. The van der Waals surface area contributed by atoms with Crippen molar-refractivity contribution >= 4 is 11.9 Å². The summed E-state index contributed by atoms with van der Waals surface area (Å²) in [6.45, 7) is 2.29. The van der Waals surface area contributed by atoms with E-state index in [1.165, 1.54) is 10.5 Å². The summed E-state index contributed by atoms with van der Waals surface area (Å²) in [5, 5.41) is 13.6. The molecule has 8 nitrogen and oxygen atoms in total. The molecule has 1 aromatic heterocycles. The first kappa shape index (κ1) is 16.9. The van der Waals surface area contributed by atoms with Crippen LogP contribution in [0.25, 0.3) is 0 Å².